The van der Waals surface area contributed by atoms with E-state index in [1.165, 1.54) is 7.11 Å². The lowest BCUT2D eigenvalue weighted by atomic mass is 9.80. The molecule has 0 aromatic rings. The Morgan fingerprint density at radius 3 is 2.85 bits per heavy atom. The minimum atomic E-state index is -0.898. The van der Waals surface area contributed by atoms with Crippen LogP contribution in [0.15, 0.2) is 0 Å². The Balaban J connectivity index is 2.87. The minimum absolute atomic E-state index is 0.00162. The number of carboxylic acid groups (broad SMARTS) is 1. The number of Topliss-reactive ketones (excluding diaryl/α,β-unsaturated/α-hetero) is 1. The van der Waals surface area contributed by atoms with Crippen LogP contribution in [0, 0.1) is 11.3 Å². The largest absolute Gasteiger partial charge is 0.481 e. The van der Waals surface area contributed by atoms with Gasteiger partial charge in [-0.2, -0.15) is 0 Å². The van der Waals surface area contributed by atoms with Crippen molar-refractivity contribution in [1.29, 1.82) is 0 Å². The molecule has 0 radical (unpaired) electrons. The number of carbonyl (C=O) groups excluding carboxylic acids is 1. The molecule has 1 rings (SSSR count). The Hall–Kier alpha value is -0.900. The fourth-order valence-electron chi connectivity index (χ4n) is 1.95. The van der Waals surface area contributed by atoms with Crippen molar-refractivity contribution >= 4 is 11.8 Å². The van der Waals surface area contributed by atoms with Gasteiger partial charge in [-0.1, -0.05) is 0 Å². The summed E-state index contributed by atoms with van der Waals surface area (Å²) < 4.78 is 4.90. The lowest BCUT2D eigenvalue weighted by Crippen LogP contribution is -2.37. The average molecular weight is 186 g/mol. The maximum atomic E-state index is 11.5. The van der Waals surface area contributed by atoms with Gasteiger partial charge in [-0.05, 0) is 13.3 Å². The fraction of sp³-hybridized carbons (Fsp3) is 0.778. The third-order valence-corrected chi connectivity index (χ3v) is 2.81. The molecule has 0 bridgehead atoms. The van der Waals surface area contributed by atoms with E-state index in [0.29, 0.717) is 12.8 Å². The van der Waals surface area contributed by atoms with Crippen LogP contribution in [0.2, 0.25) is 0 Å². The molecule has 74 valence electrons. The molecule has 1 aliphatic carbocycles. The van der Waals surface area contributed by atoms with Gasteiger partial charge in [0.2, 0.25) is 0 Å². The van der Waals surface area contributed by atoms with Crippen molar-refractivity contribution in [2.45, 2.75) is 19.8 Å². The summed E-state index contributed by atoms with van der Waals surface area (Å²) in [6.07, 6.45) is 0.796. The van der Waals surface area contributed by atoms with Crippen LogP contribution in [0.25, 0.3) is 0 Å². The number of ketones is 1. The van der Waals surface area contributed by atoms with Crippen LogP contribution >= 0.6 is 0 Å². The molecule has 4 heteroatoms. The monoisotopic (exact) mass is 186 g/mol. The van der Waals surface area contributed by atoms with E-state index in [2.05, 4.69) is 0 Å². The van der Waals surface area contributed by atoms with Crippen molar-refractivity contribution in [3.63, 3.8) is 0 Å². The zero-order valence-electron chi connectivity index (χ0n) is 7.87. The predicted molar refractivity (Wildman–Crippen MR) is 45.3 cm³/mol. The first kappa shape index (κ1) is 10.2. The highest BCUT2D eigenvalue weighted by Crippen LogP contribution is 2.40. The van der Waals surface area contributed by atoms with Gasteiger partial charge in [-0.25, -0.2) is 0 Å². The Labute approximate surface area is 76.9 Å². The van der Waals surface area contributed by atoms with Crippen LogP contribution in [-0.2, 0) is 14.3 Å². The van der Waals surface area contributed by atoms with Gasteiger partial charge in [-0.15, -0.1) is 0 Å². The standard InChI is InChI=1S/C9H14O4/c1-9(5-13-2)6(8(11)12)3-4-7(9)10/h6H,3-5H2,1-2H3,(H,11,12). The number of hydrogen-bond donors (Lipinski definition) is 1. The molecule has 0 heterocycles. The summed E-state index contributed by atoms with van der Waals surface area (Å²) in [5.41, 5.74) is -0.819. The number of carboxylic acids is 1. The second-order valence-corrected chi connectivity index (χ2v) is 3.70. The maximum absolute atomic E-state index is 11.5. The molecule has 1 saturated carbocycles. The second kappa shape index (κ2) is 3.46. The molecule has 0 aliphatic heterocycles. The van der Waals surface area contributed by atoms with Gasteiger partial charge < -0.3 is 9.84 Å². The average Bonchev–Trinajstić information content (AvgIpc) is 2.29. The molecule has 0 spiro atoms. The van der Waals surface area contributed by atoms with Crippen LogP contribution in [-0.4, -0.2) is 30.6 Å². The summed E-state index contributed by atoms with van der Waals surface area (Å²) in [5, 5.41) is 8.89. The van der Waals surface area contributed by atoms with E-state index in [9.17, 15) is 9.59 Å². The summed E-state index contributed by atoms with van der Waals surface area (Å²) >= 11 is 0. The molecule has 0 aromatic carbocycles. The maximum Gasteiger partial charge on any atom is 0.307 e. The smallest absolute Gasteiger partial charge is 0.307 e. The third kappa shape index (κ3) is 1.58. The van der Waals surface area contributed by atoms with Crippen LogP contribution < -0.4 is 0 Å². The summed E-state index contributed by atoms with van der Waals surface area (Å²) in [4.78, 5) is 22.3. The molecule has 0 saturated heterocycles. The Bertz CT molecular complexity index is 236. The zero-order chi connectivity index (χ0) is 10.1. The third-order valence-electron chi connectivity index (χ3n) is 2.81. The topological polar surface area (TPSA) is 63.6 Å². The van der Waals surface area contributed by atoms with E-state index in [0.717, 1.165) is 0 Å². The summed E-state index contributed by atoms with van der Waals surface area (Å²) in [7, 11) is 1.48. The highest BCUT2D eigenvalue weighted by atomic mass is 16.5. The zero-order valence-corrected chi connectivity index (χ0v) is 7.87. The number of rotatable bonds is 3. The van der Waals surface area contributed by atoms with E-state index in [4.69, 9.17) is 9.84 Å². The van der Waals surface area contributed by atoms with Gasteiger partial charge in [0.15, 0.2) is 0 Å². The van der Waals surface area contributed by atoms with E-state index < -0.39 is 17.3 Å². The Kier molecular flexibility index (Phi) is 2.71. The first-order valence-corrected chi connectivity index (χ1v) is 4.27. The predicted octanol–water partition coefficient (Wildman–Crippen LogP) is 0.703. The normalized spacial score (nSPS) is 33.7. The molecule has 1 N–H and O–H groups in total. The lowest BCUT2D eigenvalue weighted by Gasteiger charge is -2.25. The number of methoxy groups -OCH3 is 1. The van der Waals surface area contributed by atoms with Crippen molar-refractivity contribution in [3.05, 3.63) is 0 Å². The molecule has 4 nitrogen and oxygen atoms in total. The minimum Gasteiger partial charge on any atom is -0.481 e. The Morgan fingerprint density at radius 1 is 1.77 bits per heavy atom. The molecule has 13 heavy (non-hydrogen) atoms. The van der Waals surface area contributed by atoms with Gasteiger partial charge in [0, 0.05) is 13.5 Å². The number of ether oxygens (including phenoxy) is 1. The molecule has 2 atom stereocenters. The van der Waals surface area contributed by atoms with Gasteiger partial charge in [0.05, 0.1) is 17.9 Å². The van der Waals surface area contributed by atoms with Crippen molar-refractivity contribution in [1.82, 2.24) is 0 Å². The first-order valence-electron chi connectivity index (χ1n) is 4.27. The molecule has 1 aliphatic rings. The van der Waals surface area contributed by atoms with E-state index in [1.54, 1.807) is 6.92 Å². The van der Waals surface area contributed by atoms with Gasteiger partial charge in [0.1, 0.15) is 5.78 Å². The molecular formula is C9H14O4. The highest BCUT2D eigenvalue weighted by molar-refractivity contribution is 5.92. The van der Waals surface area contributed by atoms with Crippen molar-refractivity contribution in [2.24, 2.45) is 11.3 Å². The SMILES string of the molecule is COCC1(C)C(=O)CCC1C(=O)O. The second-order valence-electron chi connectivity index (χ2n) is 3.70. The highest BCUT2D eigenvalue weighted by Gasteiger charge is 2.49. The lowest BCUT2D eigenvalue weighted by molar-refractivity contribution is -0.150. The van der Waals surface area contributed by atoms with Crippen molar-refractivity contribution in [2.75, 3.05) is 13.7 Å². The van der Waals surface area contributed by atoms with Crippen molar-refractivity contribution < 1.29 is 19.4 Å². The van der Waals surface area contributed by atoms with Crippen LogP contribution in [0.5, 0.6) is 0 Å². The first-order chi connectivity index (χ1) is 6.02. The van der Waals surface area contributed by atoms with Gasteiger partial charge in [0.25, 0.3) is 0 Å². The number of hydrogen-bond acceptors (Lipinski definition) is 3. The summed E-state index contributed by atoms with van der Waals surface area (Å²) in [6, 6.07) is 0. The van der Waals surface area contributed by atoms with Crippen LogP contribution in [0.1, 0.15) is 19.8 Å². The molecule has 2 unspecified atom stereocenters. The Morgan fingerprint density at radius 2 is 2.38 bits per heavy atom. The van der Waals surface area contributed by atoms with Crippen LogP contribution in [0.4, 0.5) is 0 Å². The number of aliphatic carboxylic acids is 1. The number of carbonyl (C=O) groups is 2. The molecule has 0 amide bonds. The summed E-state index contributed by atoms with van der Waals surface area (Å²) in [5.74, 6) is -1.48. The van der Waals surface area contributed by atoms with E-state index >= 15 is 0 Å². The van der Waals surface area contributed by atoms with Gasteiger partial charge >= 0.3 is 5.97 Å². The summed E-state index contributed by atoms with van der Waals surface area (Å²) in [6.45, 7) is 1.87. The van der Waals surface area contributed by atoms with E-state index in [1.807, 2.05) is 0 Å². The van der Waals surface area contributed by atoms with Gasteiger partial charge in [-0.3, -0.25) is 9.59 Å². The van der Waals surface area contributed by atoms with E-state index in [-0.39, 0.29) is 12.4 Å². The fourth-order valence-corrected chi connectivity index (χ4v) is 1.95. The van der Waals surface area contributed by atoms with Crippen molar-refractivity contribution in [3.8, 4) is 0 Å². The quantitative estimate of drug-likeness (QED) is 0.704. The molecular weight excluding hydrogens is 172 g/mol. The molecule has 0 aromatic heterocycles. The van der Waals surface area contributed by atoms with Crippen LogP contribution in [0.3, 0.4) is 0 Å². The molecule has 1 fully saturated rings.